The highest BCUT2D eigenvalue weighted by atomic mass is 19.4. The number of likely N-dealkylation sites (tertiary alicyclic amines) is 1. The maximum absolute atomic E-state index is 13.6. The molecule has 2 rings (SSSR count). The van der Waals surface area contributed by atoms with Crippen molar-refractivity contribution in [1.29, 1.82) is 0 Å². The van der Waals surface area contributed by atoms with Crippen molar-refractivity contribution >= 4 is 5.96 Å². The molecule has 0 aromatic heterocycles. The Balaban J connectivity index is 2.12. The van der Waals surface area contributed by atoms with Crippen LogP contribution in [0.15, 0.2) is 23.2 Å². The SMILES string of the molecule is CN=C(NCc1ccc(OC(C)(C)C)cc1C(F)(F)F)N1CCC(COC)C1. The summed E-state index contributed by atoms with van der Waals surface area (Å²) < 4.78 is 51.5. The molecule has 0 amide bonds. The molecule has 1 N–H and O–H groups in total. The zero-order chi connectivity index (χ0) is 20.9. The Morgan fingerprint density at radius 1 is 1.29 bits per heavy atom. The van der Waals surface area contributed by atoms with Gasteiger partial charge in [0.25, 0.3) is 0 Å². The van der Waals surface area contributed by atoms with Gasteiger partial charge >= 0.3 is 6.18 Å². The second-order valence-corrected chi connectivity index (χ2v) is 7.99. The number of ether oxygens (including phenoxy) is 2. The summed E-state index contributed by atoms with van der Waals surface area (Å²) in [6.45, 7) is 7.67. The zero-order valence-electron chi connectivity index (χ0n) is 17.2. The molecule has 1 atom stereocenters. The van der Waals surface area contributed by atoms with Gasteiger partial charge in [0.05, 0.1) is 12.2 Å². The molecular weight excluding hydrogens is 371 g/mol. The Kier molecular flexibility index (Phi) is 7.20. The second-order valence-electron chi connectivity index (χ2n) is 7.99. The van der Waals surface area contributed by atoms with E-state index in [1.165, 1.54) is 6.07 Å². The fourth-order valence-electron chi connectivity index (χ4n) is 3.29. The summed E-state index contributed by atoms with van der Waals surface area (Å²) in [7, 11) is 3.30. The third kappa shape index (κ3) is 6.29. The number of hydrogen-bond donors (Lipinski definition) is 1. The molecule has 0 radical (unpaired) electrons. The third-order valence-electron chi connectivity index (χ3n) is 4.45. The van der Waals surface area contributed by atoms with Crippen LogP contribution in [0.3, 0.4) is 0 Å². The van der Waals surface area contributed by atoms with Crippen molar-refractivity contribution in [3.63, 3.8) is 0 Å². The Hall–Kier alpha value is -1.96. The average molecular weight is 401 g/mol. The molecule has 1 aliphatic rings. The van der Waals surface area contributed by atoms with Crippen LogP contribution in [0.1, 0.15) is 38.3 Å². The van der Waals surface area contributed by atoms with E-state index in [-0.39, 0.29) is 17.9 Å². The predicted octanol–water partition coefficient (Wildman–Crippen LogP) is 3.93. The molecule has 1 heterocycles. The lowest BCUT2D eigenvalue weighted by atomic mass is 10.1. The lowest BCUT2D eigenvalue weighted by Gasteiger charge is -2.24. The van der Waals surface area contributed by atoms with Crippen LogP contribution in [0, 0.1) is 5.92 Å². The lowest BCUT2D eigenvalue weighted by Crippen LogP contribution is -2.40. The summed E-state index contributed by atoms with van der Waals surface area (Å²) in [5, 5.41) is 3.06. The molecule has 0 saturated carbocycles. The van der Waals surface area contributed by atoms with E-state index in [1.54, 1.807) is 41.0 Å². The molecule has 1 unspecified atom stereocenters. The van der Waals surface area contributed by atoms with Crippen LogP contribution in [-0.2, 0) is 17.5 Å². The summed E-state index contributed by atoms with van der Waals surface area (Å²) in [6.07, 6.45) is -3.49. The highest BCUT2D eigenvalue weighted by Crippen LogP contribution is 2.35. The normalized spacial score (nSPS) is 18.5. The number of methoxy groups -OCH3 is 1. The zero-order valence-corrected chi connectivity index (χ0v) is 17.2. The van der Waals surface area contributed by atoms with E-state index in [9.17, 15) is 13.2 Å². The number of nitrogens with one attached hydrogen (secondary N) is 1. The standard InChI is InChI=1S/C20H30F3N3O2/c1-19(2,3)28-16-7-6-15(17(10-16)20(21,22)23)11-25-18(24-4)26-9-8-14(12-26)13-27-5/h6-7,10,14H,8-9,11-13H2,1-5H3,(H,24,25). The first kappa shape index (κ1) is 22.3. The highest BCUT2D eigenvalue weighted by molar-refractivity contribution is 5.80. The maximum atomic E-state index is 13.6. The smallest absolute Gasteiger partial charge is 0.416 e. The number of benzene rings is 1. The van der Waals surface area contributed by atoms with Crippen molar-refractivity contribution in [3.8, 4) is 5.75 Å². The summed E-state index contributed by atoms with van der Waals surface area (Å²) in [5.41, 5.74) is -1.11. The summed E-state index contributed by atoms with van der Waals surface area (Å²) in [6, 6.07) is 4.10. The minimum absolute atomic E-state index is 0.0305. The molecule has 0 aliphatic carbocycles. The molecule has 1 saturated heterocycles. The molecule has 158 valence electrons. The Morgan fingerprint density at radius 2 is 2.00 bits per heavy atom. The van der Waals surface area contributed by atoms with Gasteiger partial charge in [-0.15, -0.1) is 0 Å². The number of rotatable bonds is 5. The first-order chi connectivity index (χ1) is 13.0. The van der Waals surface area contributed by atoms with Crippen molar-refractivity contribution in [3.05, 3.63) is 29.3 Å². The maximum Gasteiger partial charge on any atom is 0.416 e. The van der Waals surface area contributed by atoms with Gasteiger partial charge in [-0.2, -0.15) is 13.2 Å². The Morgan fingerprint density at radius 3 is 2.57 bits per heavy atom. The number of alkyl halides is 3. The van der Waals surface area contributed by atoms with Crippen molar-refractivity contribution in [2.75, 3.05) is 33.9 Å². The Bertz CT molecular complexity index is 684. The molecule has 8 heteroatoms. The first-order valence-corrected chi connectivity index (χ1v) is 9.37. The Labute approximate surface area is 164 Å². The van der Waals surface area contributed by atoms with Gasteiger partial charge in [0.1, 0.15) is 11.4 Å². The third-order valence-corrected chi connectivity index (χ3v) is 4.45. The van der Waals surface area contributed by atoms with E-state index in [0.29, 0.717) is 18.5 Å². The van der Waals surface area contributed by atoms with E-state index in [0.717, 1.165) is 25.6 Å². The number of hydrogen-bond acceptors (Lipinski definition) is 3. The van der Waals surface area contributed by atoms with Crippen molar-refractivity contribution < 1.29 is 22.6 Å². The predicted molar refractivity (Wildman–Crippen MR) is 104 cm³/mol. The van der Waals surface area contributed by atoms with Gasteiger partial charge < -0.3 is 19.7 Å². The number of halogens is 3. The van der Waals surface area contributed by atoms with E-state index < -0.39 is 17.3 Å². The first-order valence-electron chi connectivity index (χ1n) is 9.37. The molecule has 5 nitrogen and oxygen atoms in total. The minimum atomic E-state index is -4.46. The van der Waals surface area contributed by atoms with Gasteiger partial charge in [-0.1, -0.05) is 6.07 Å². The van der Waals surface area contributed by atoms with E-state index in [2.05, 4.69) is 10.3 Å². The van der Waals surface area contributed by atoms with Crippen LogP contribution in [0.25, 0.3) is 0 Å². The van der Waals surface area contributed by atoms with Crippen molar-refractivity contribution in [2.45, 2.75) is 45.5 Å². The summed E-state index contributed by atoms with van der Waals surface area (Å²) in [4.78, 5) is 6.27. The molecular formula is C20H30F3N3O2. The monoisotopic (exact) mass is 401 g/mol. The van der Waals surface area contributed by atoms with Crippen LogP contribution in [-0.4, -0.2) is 50.3 Å². The lowest BCUT2D eigenvalue weighted by molar-refractivity contribution is -0.138. The van der Waals surface area contributed by atoms with Crippen LogP contribution >= 0.6 is 0 Å². The fraction of sp³-hybridized carbons (Fsp3) is 0.650. The summed E-state index contributed by atoms with van der Waals surface area (Å²) in [5.74, 6) is 1.21. The van der Waals surface area contributed by atoms with Gasteiger partial charge in [-0.05, 0) is 44.9 Å². The molecule has 0 bridgehead atoms. The van der Waals surface area contributed by atoms with Gasteiger partial charge in [0.15, 0.2) is 5.96 Å². The molecule has 1 aliphatic heterocycles. The molecule has 1 fully saturated rings. The van der Waals surface area contributed by atoms with Gasteiger partial charge in [-0.3, -0.25) is 4.99 Å². The van der Waals surface area contributed by atoms with Gasteiger partial charge in [0, 0.05) is 39.7 Å². The average Bonchev–Trinajstić information content (AvgIpc) is 3.03. The quantitative estimate of drug-likeness (QED) is 0.600. The second kappa shape index (κ2) is 9.03. The minimum Gasteiger partial charge on any atom is -0.488 e. The fourth-order valence-corrected chi connectivity index (χ4v) is 3.29. The number of guanidine groups is 1. The van der Waals surface area contributed by atoms with Gasteiger partial charge in [0.2, 0.25) is 0 Å². The van der Waals surface area contributed by atoms with E-state index in [4.69, 9.17) is 9.47 Å². The number of nitrogens with zero attached hydrogens (tertiary/aromatic N) is 2. The highest BCUT2D eigenvalue weighted by Gasteiger charge is 2.34. The van der Waals surface area contributed by atoms with Crippen LogP contribution in [0.4, 0.5) is 13.2 Å². The topological polar surface area (TPSA) is 46.1 Å². The summed E-state index contributed by atoms with van der Waals surface area (Å²) >= 11 is 0. The van der Waals surface area contributed by atoms with E-state index in [1.807, 2.05) is 4.90 Å². The van der Waals surface area contributed by atoms with Crippen molar-refractivity contribution in [2.24, 2.45) is 10.9 Å². The molecule has 1 aromatic carbocycles. The molecule has 0 spiro atoms. The van der Waals surface area contributed by atoms with Crippen LogP contribution < -0.4 is 10.1 Å². The largest absolute Gasteiger partial charge is 0.488 e. The van der Waals surface area contributed by atoms with Gasteiger partial charge in [-0.25, -0.2) is 0 Å². The molecule has 28 heavy (non-hydrogen) atoms. The van der Waals surface area contributed by atoms with E-state index >= 15 is 0 Å². The van der Waals surface area contributed by atoms with Crippen LogP contribution in [0.2, 0.25) is 0 Å². The van der Waals surface area contributed by atoms with Crippen LogP contribution in [0.5, 0.6) is 5.75 Å². The number of aliphatic imine (C=N–C) groups is 1. The molecule has 1 aromatic rings. The van der Waals surface area contributed by atoms with Crippen molar-refractivity contribution in [1.82, 2.24) is 10.2 Å².